The summed E-state index contributed by atoms with van der Waals surface area (Å²) in [5.74, 6) is -3.43. The number of H-pyrrole nitrogens is 2. The number of aromatic nitrogens is 2. The van der Waals surface area contributed by atoms with Gasteiger partial charge in [-0.3, -0.25) is 0 Å². The summed E-state index contributed by atoms with van der Waals surface area (Å²) in [6, 6.07) is 18.8. The smallest absolute Gasteiger partial charge is 0.344 e. The second-order valence-electron chi connectivity index (χ2n) is 12.0. The molecule has 292 valence electrons. The van der Waals surface area contributed by atoms with E-state index in [-0.39, 0.29) is 47.1 Å². The molecule has 0 spiro atoms. The van der Waals surface area contributed by atoms with Gasteiger partial charge in [-0.1, -0.05) is 35.4 Å². The number of fused-ring (bicyclic) bond motifs is 1. The van der Waals surface area contributed by atoms with E-state index in [9.17, 15) is 34.8 Å². The average molecular weight is 833 g/mol. The lowest BCUT2D eigenvalue weighted by Gasteiger charge is -2.15. The number of aromatic amines is 2. The van der Waals surface area contributed by atoms with Crippen LogP contribution in [0.4, 0.5) is 0 Å². The van der Waals surface area contributed by atoms with E-state index in [4.69, 9.17) is 35.9 Å². The average Bonchev–Trinajstić information content (AvgIpc) is 3.52. The lowest BCUT2D eigenvalue weighted by molar-refractivity contribution is -0.146. The summed E-state index contributed by atoms with van der Waals surface area (Å²) in [6.07, 6.45) is 0. The molecule has 5 rings (SSSR count). The number of nitrogens with one attached hydrogen (secondary N) is 2. The van der Waals surface area contributed by atoms with Crippen molar-refractivity contribution in [3.63, 3.8) is 0 Å². The first-order chi connectivity index (χ1) is 26.0. The molecule has 55 heavy (non-hydrogen) atoms. The molecule has 0 aliphatic rings. The molecule has 2 N–H and O–H groups in total. The van der Waals surface area contributed by atoms with Crippen molar-refractivity contribution in [2.45, 2.75) is 33.4 Å². The zero-order valence-corrected chi connectivity index (χ0v) is 33.0. The van der Waals surface area contributed by atoms with Crippen molar-refractivity contribution in [2.75, 3.05) is 45.0 Å². The molecule has 0 saturated heterocycles. The fourth-order valence-corrected chi connectivity index (χ4v) is 9.09. The van der Waals surface area contributed by atoms with E-state index in [2.05, 4.69) is 9.97 Å². The molecule has 1 aromatic heterocycles. The maximum atomic E-state index is 14.1. The van der Waals surface area contributed by atoms with Crippen LogP contribution in [0, 0.1) is 18.6 Å². The topological polar surface area (TPSA) is 214 Å². The van der Waals surface area contributed by atoms with E-state index in [1.165, 1.54) is 49.6 Å². The summed E-state index contributed by atoms with van der Waals surface area (Å²) in [7, 11) is -10.6. The molecule has 0 unspecified atom stereocenters. The van der Waals surface area contributed by atoms with Crippen molar-refractivity contribution in [3.05, 3.63) is 94.8 Å². The largest absolute Gasteiger partial charge is 0.495 e. The van der Waals surface area contributed by atoms with Gasteiger partial charge in [-0.15, -0.1) is 0 Å². The molecule has 0 aliphatic heterocycles. The Morgan fingerprint density at radius 3 is 1.60 bits per heavy atom. The minimum Gasteiger partial charge on any atom is -0.495 e. The van der Waals surface area contributed by atoms with E-state index >= 15 is 0 Å². The van der Waals surface area contributed by atoms with Crippen LogP contribution >= 0.6 is 12.2 Å². The number of methoxy groups -OCH3 is 1. The summed E-state index contributed by atoms with van der Waals surface area (Å²) in [5, 5.41) is 0. The lowest BCUT2D eigenvalue weighted by atomic mass is 10.2. The molecule has 19 heteroatoms. The maximum Gasteiger partial charge on any atom is 0.344 e. The van der Waals surface area contributed by atoms with Crippen LogP contribution in [-0.2, 0) is 48.6 Å². The monoisotopic (exact) mass is 832 g/mol. The third-order valence-corrected chi connectivity index (χ3v) is 13.4. The highest BCUT2D eigenvalue weighted by atomic mass is 32.2. The summed E-state index contributed by atoms with van der Waals surface area (Å²) in [5.41, 5.74) is 2.27. The number of imidazole rings is 1. The number of esters is 2. The van der Waals surface area contributed by atoms with Crippen molar-refractivity contribution in [2.24, 2.45) is 0 Å². The Balaban J connectivity index is 1.32. The van der Waals surface area contributed by atoms with Crippen molar-refractivity contribution in [1.29, 1.82) is 0 Å². The summed E-state index contributed by atoms with van der Waals surface area (Å²) in [6.45, 7) is 1.09. The fraction of sp³-hybridized carbons (Fsp3) is 0.250. The van der Waals surface area contributed by atoms with Gasteiger partial charge < -0.3 is 33.7 Å². The van der Waals surface area contributed by atoms with E-state index in [0.717, 1.165) is 17.2 Å². The van der Waals surface area contributed by atoms with Crippen molar-refractivity contribution in [3.8, 4) is 17.2 Å². The Kier molecular flexibility index (Phi) is 12.7. The lowest BCUT2D eigenvalue weighted by Crippen LogP contribution is -2.21. The van der Waals surface area contributed by atoms with E-state index in [0.29, 0.717) is 5.52 Å². The molecule has 5 aromatic rings. The third kappa shape index (κ3) is 10.1. The predicted octanol–water partition coefficient (Wildman–Crippen LogP) is 4.48. The summed E-state index contributed by atoms with van der Waals surface area (Å²) in [4.78, 5) is 30.4. The molecule has 15 nitrogen and oxygen atoms in total. The number of ether oxygens (including phenoxy) is 5. The molecule has 0 aliphatic carbocycles. The summed E-state index contributed by atoms with van der Waals surface area (Å²) < 4.78 is 106. The van der Waals surface area contributed by atoms with Gasteiger partial charge in [-0.05, 0) is 74.6 Å². The fourth-order valence-electron chi connectivity index (χ4n) is 5.11. The Bertz CT molecular complexity index is 2600. The van der Waals surface area contributed by atoms with Crippen LogP contribution < -0.4 is 14.2 Å². The van der Waals surface area contributed by atoms with Gasteiger partial charge in [0.25, 0.3) is 0 Å². The standard InChI is InChI=1S/C36H36N2O13S4/c1-23-4-8-25(9-5-23)53(41,42)18-16-48-32(39)21-50-29-14-12-27(55(45,46)35-30(47-3)15-13-28-34(35)38-36(52)37-28)20-31(29)51-22-33(40)49-17-19-54(43,44)26-10-6-24(2)7-11-26/h4-15,20H,16-19,21-22H2,1-3H3,(H2,37,38,52). The Labute approximate surface area is 322 Å². The molecule has 0 amide bonds. The van der Waals surface area contributed by atoms with Crippen molar-refractivity contribution < 1.29 is 58.5 Å². The first kappa shape index (κ1) is 40.9. The van der Waals surface area contributed by atoms with E-state index in [1.54, 1.807) is 30.3 Å². The molecule has 0 bridgehead atoms. The zero-order valence-electron chi connectivity index (χ0n) is 29.7. The third-order valence-electron chi connectivity index (χ3n) is 8.00. The van der Waals surface area contributed by atoms with E-state index in [1.807, 2.05) is 13.8 Å². The predicted molar refractivity (Wildman–Crippen MR) is 201 cm³/mol. The van der Waals surface area contributed by atoms with Crippen molar-refractivity contribution >= 4 is 64.7 Å². The molecule has 0 saturated carbocycles. The van der Waals surface area contributed by atoms with Crippen molar-refractivity contribution in [1.82, 2.24) is 9.97 Å². The minimum absolute atomic E-state index is 0.00292. The van der Waals surface area contributed by atoms with Gasteiger partial charge in [-0.25, -0.2) is 34.8 Å². The maximum absolute atomic E-state index is 14.1. The Morgan fingerprint density at radius 2 is 1.09 bits per heavy atom. The number of carbonyl (C=O) groups is 2. The van der Waals surface area contributed by atoms with Gasteiger partial charge in [0.1, 0.15) is 23.9 Å². The first-order valence-corrected chi connectivity index (χ1v) is 21.5. The molecular formula is C36H36N2O13S4. The Hall–Kier alpha value is -5.24. The number of aryl methyl sites for hydroxylation is 2. The molecule has 1 heterocycles. The van der Waals surface area contributed by atoms with Crippen LogP contribution in [0.2, 0.25) is 0 Å². The molecule has 0 fully saturated rings. The molecular weight excluding hydrogens is 797 g/mol. The van der Waals surface area contributed by atoms with Crippen LogP contribution in [-0.4, -0.2) is 92.2 Å². The second kappa shape index (κ2) is 17.1. The molecule has 4 aromatic carbocycles. The number of hydrogen-bond acceptors (Lipinski definition) is 14. The first-order valence-electron chi connectivity index (χ1n) is 16.3. The van der Waals surface area contributed by atoms with E-state index < -0.39 is 79.4 Å². The highest BCUT2D eigenvalue weighted by Gasteiger charge is 2.28. The molecule has 0 atom stereocenters. The summed E-state index contributed by atoms with van der Waals surface area (Å²) >= 11 is 5.16. The van der Waals surface area contributed by atoms with Crippen LogP contribution in [0.1, 0.15) is 11.1 Å². The highest BCUT2D eigenvalue weighted by molar-refractivity contribution is 7.92. The Morgan fingerprint density at radius 1 is 0.618 bits per heavy atom. The van der Waals surface area contributed by atoms with Gasteiger partial charge >= 0.3 is 11.9 Å². The quantitative estimate of drug-likeness (QED) is 0.0977. The van der Waals surface area contributed by atoms with Gasteiger partial charge in [0, 0.05) is 6.07 Å². The molecule has 0 radical (unpaired) electrons. The van der Waals surface area contributed by atoms with Gasteiger partial charge in [0.15, 0.2) is 49.2 Å². The number of sulfone groups is 3. The normalized spacial score (nSPS) is 11.9. The van der Waals surface area contributed by atoms with Crippen LogP contribution in [0.5, 0.6) is 17.2 Å². The SMILES string of the molecule is COc1ccc2[nH]c(=S)[nH]c2c1S(=O)(=O)c1ccc(OCC(=O)OCCS(=O)(=O)c2ccc(C)cc2)c(OCC(=O)OCCS(=O)(=O)c2ccc(C)cc2)c1. The number of benzene rings is 4. The minimum atomic E-state index is -4.40. The van der Waals surface area contributed by atoms with Gasteiger partial charge in [-0.2, -0.15) is 0 Å². The zero-order chi connectivity index (χ0) is 40.0. The van der Waals surface area contributed by atoms with Crippen LogP contribution in [0.3, 0.4) is 0 Å². The number of rotatable bonds is 17. The highest BCUT2D eigenvalue weighted by Crippen LogP contribution is 2.38. The number of hydrogen-bond donors (Lipinski definition) is 2. The second-order valence-corrected chi connectivity index (χ2v) is 18.5. The van der Waals surface area contributed by atoms with Gasteiger partial charge in [0.05, 0.1) is 44.3 Å². The number of carbonyl (C=O) groups excluding carboxylic acids is 2. The van der Waals surface area contributed by atoms with Gasteiger partial charge in [0.2, 0.25) is 9.84 Å². The van der Waals surface area contributed by atoms with Crippen LogP contribution in [0.15, 0.2) is 98.4 Å². The van der Waals surface area contributed by atoms with Crippen LogP contribution in [0.25, 0.3) is 11.0 Å².